The van der Waals surface area contributed by atoms with Crippen molar-refractivity contribution in [3.63, 3.8) is 0 Å². The molecule has 2 N–H and O–H groups in total. The van der Waals surface area contributed by atoms with Gasteiger partial charge in [0.1, 0.15) is 6.10 Å². The molecule has 0 fully saturated rings. The summed E-state index contributed by atoms with van der Waals surface area (Å²) >= 11 is 0. The molecule has 0 aromatic rings. The van der Waals surface area contributed by atoms with Crippen molar-refractivity contribution in [1.29, 1.82) is 0 Å². The van der Waals surface area contributed by atoms with Gasteiger partial charge in [-0.25, -0.2) is 0 Å². The molecule has 0 radical (unpaired) electrons. The lowest BCUT2D eigenvalue weighted by Crippen LogP contribution is -2.26. The van der Waals surface area contributed by atoms with Crippen molar-refractivity contribution < 1.29 is 24.5 Å². The van der Waals surface area contributed by atoms with Gasteiger partial charge in [0.05, 0.1) is 18.8 Å². The Bertz CT molecular complexity index is 158. The highest BCUT2D eigenvalue weighted by Crippen LogP contribution is 2.01. The van der Waals surface area contributed by atoms with Crippen LogP contribution in [-0.2, 0) is 14.3 Å². The van der Waals surface area contributed by atoms with Crippen LogP contribution >= 0.6 is 0 Å². The second-order valence-electron chi connectivity index (χ2n) is 3.29. The molecule has 5 heteroatoms. The Kier molecular flexibility index (Phi) is 11.1. The lowest BCUT2D eigenvalue weighted by atomic mass is 10.2. The van der Waals surface area contributed by atoms with Gasteiger partial charge in [-0.1, -0.05) is 0 Å². The Morgan fingerprint density at radius 3 is 1.87 bits per heavy atom. The van der Waals surface area contributed by atoms with E-state index in [4.69, 9.17) is 19.7 Å². The molecule has 0 spiro atoms. The number of aliphatic hydroxyl groups excluding tert-OH is 2. The van der Waals surface area contributed by atoms with Gasteiger partial charge in [-0.2, -0.15) is 0 Å². The standard InChI is InChI=1S/C7H14O3.C3H8O2/c1-5(9-4)6(2)10-7(3)8;1-3(5)2-4/h5-6H,1-4H3;3-5H,2H2,1H3. The van der Waals surface area contributed by atoms with Gasteiger partial charge < -0.3 is 19.7 Å². The normalized spacial score (nSPS) is 15.7. The highest BCUT2D eigenvalue weighted by Gasteiger charge is 2.12. The molecular weight excluding hydrogens is 200 g/mol. The summed E-state index contributed by atoms with van der Waals surface area (Å²) in [6.45, 7) is 6.43. The fourth-order valence-corrected chi connectivity index (χ4v) is 0.549. The van der Waals surface area contributed by atoms with E-state index >= 15 is 0 Å². The van der Waals surface area contributed by atoms with Gasteiger partial charge in [0.2, 0.25) is 0 Å². The molecule has 0 saturated carbocycles. The van der Waals surface area contributed by atoms with E-state index < -0.39 is 6.10 Å². The van der Waals surface area contributed by atoms with Crippen molar-refractivity contribution in [1.82, 2.24) is 0 Å². The van der Waals surface area contributed by atoms with Crippen LogP contribution < -0.4 is 0 Å². The highest BCUT2D eigenvalue weighted by atomic mass is 16.6. The molecule has 0 aliphatic carbocycles. The molecule has 5 nitrogen and oxygen atoms in total. The molecule has 15 heavy (non-hydrogen) atoms. The molecular formula is C10H22O5. The molecule has 3 unspecified atom stereocenters. The van der Waals surface area contributed by atoms with Gasteiger partial charge in [-0.3, -0.25) is 4.79 Å². The van der Waals surface area contributed by atoms with Crippen LogP contribution in [0.2, 0.25) is 0 Å². The average Bonchev–Trinajstić information content (AvgIpc) is 2.16. The van der Waals surface area contributed by atoms with Crippen LogP contribution in [-0.4, -0.2) is 48.2 Å². The van der Waals surface area contributed by atoms with Crippen LogP contribution in [0.25, 0.3) is 0 Å². The largest absolute Gasteiger partial charge is 0.460 e. The molecule has 3 atom stereocenters. The Labute approximate surface area is 91.0 Å². The van der Waals surface area contributed by atoms with Crippen molar-refractivity contribution in [3.8, 4) is 0 Å². The van der Waals surface area contributed by atoms with Crippen molar-refractivity contribution >= 4 is 5.97 Å². The van der Waals surface area contributed by atoms with Crippen molar-refractivity contribution in [2.45, 2.75) is 46.0 Å². The Morgan fingerprint density at radius 2 is 1.67 bits per heavy atom. The van der Waals surface area contributed by atoms with Gasteiger partial charge in [0.15, 0.2) is 0 Å². The third-order valence-electron chi connectivity index (χ3n) is 1.65. The van der Waals surface area contributed by atoms with Crippen LogP contribution in [0.1, 0.15) is 27.7 Å². The minimum atomic E-state index is -0.560. The van der Waals surface area contributed by atoms with E-state index in [-0.39, 0.29) is 24.8 Å². The van der Waals surface area contributed by atoms with Gasteiger partial charge in [0, 0.05) is 14.0 Å². The summed E-state index contributed by atoms with van der Waals surface area (Å²) in [6, 6.07) is 0. The highest BCUT2D eigenvalue weighted by molar-refractivity contribution is 5.66. The van der Waals surface area contributed by atoms with Crippen molar-refractivity contribution in [2.75, 3.05) is 13.7 Å². The summed E-state index contributed by atoms with van der Waals surface area (Å²) in [5.41, 5.74) is 0. The van der Waals surface area contributed by atoms with Gasteiger partial charge in [-0.15, -0.1) is 0 Å². The van der Waals surface area contributed by atoms with Crippen LogP contribution in [0.5, 0.6) is 0 Å². The third-order valence-corrected chi connectivity index (χ3v) is 1.65. The number of carbonyl (C=O) groups excluding carboxylic acids is 1. The van der Waals surface area contributed by atoms with E-state index in [0.717, 1.165) is 0 Å². The first kappa shape index (κ1) is 16.8. The minimum absolute atomic E-state index is 0.0381. The molecule has 0 aliphatic heterocycles. The molecule has 0 aliphatic rings. The summed E-state index contributed by atoms with van der Waals surface area (Å²) in [6.07, 6.45) is -0.763. The first-order valence-electron chi connectivity index (χ1n) is 4.84. The Morgan fingerprint density at radius 1 is 1.27 bits per heavy atom. The van der Waals surface area contributed by atoms with Gasteiger partial charge in [-0.05, 0) is 20.8 Å². The number of aliphatic hydroxyl groups is 2. The number of esters is 1. The van der Waals surface area contributed by atoms with E-state index in [0.29, 0.717) is 0 Å². The number of hydrogen-bond acceptors (Lipinski definition) is 5. The fourth-order valence-electron chi connectivity index (χ4n) is 0.549. The lowest BCUT2D eigenvalue weighted by molar-refractivity contribution is -0.151. The number of methoxy groups -OCH3 is 1. The maximum Gasteiger partial charge on any atom is 0.302 e. The van der Waals surface area contributed by atoms with Crippen molar-refractivity contribution in [3.05, 3.63) is 0 Å². The topological polar surface area (TPSA) is 76.0 Å². The summed E-state index contributed by atoms with van der Waals surface area (Å²) < 4.78 is 9.77. The van der Waals surface area contributed by atoms with Gasteiger partial charge >= 0.3 is 5.97 Å². The minimum Gasteiger partial charge on any atom is -0.460 e. The zero-order chi connectivity index (χ0) is 12.4. The summed E-state index contributed by atoms with van der Waals surface area (Å²) in [5, 5.41) is 16.0. The predicted molar refractivity (Wildman–Crippen MR) is 56.5 cm³/mol. The molecule has 0 saturated heterocycles. The summed E-state index contributed by atoms with van der Waals surface area (Å²) in [7, 11) is 1.59. The molecule has 0 aromatic carbocycles. The summed E-state index contributed by atoms with van der Waals surface area (Å²) in [4.78, 5) is 10.4. The number of rotatable bonds is 4. The number of ether oxygens (including phenoxy) is 2. The van der Waals surface area contributed by atoms with Crippen molar-refractivity contribution in [2.24, 2.45) is 0 Å². The number of hydrogen-bond donors (Lipinski definition) is 2. The van der Waals surface area contributed by atoms with E-state index in [1.54, 1.807) is 14.0 Å². The first-order valence-corrected chi connectivity index (χ1v) is 4.84. The zero-order valence-electron chi connectivity index (χ0n) is 10.1. The quantitative estimate of drug-likeness (QED) is 0.670. The monoisotopic (exact) mass is 222 g/mol. The van der Waals surface area contributed by atoms with E-state index in [1.165, 1.54) is 13.8 Å². The third kappa shape index (κ3) is 13.3. The Balaban J connectivity index is 0. The predicted octanol–water partition coefficient (Wildman–Crippen LogP) is 0.332. The van der Waals surface area contributed by atoms with E-state index in [1.807, 2.05) is 6.92 Å². The second kappa shape index (κ2) is 9.89. The van der Waals surface area contributed by atoms with Crippen LogP contribution in [0, 0.1) is 0 Å². The van der Waals surface area contributed by atoms with Crippen LogP contribution in [0.15, 0.2) is 0 Å². The molecule has 0 aromatic heterocycles. The Hall–Kier alpha value is -0.650. The maximum absolute atomic E-state index is 10.4. The molecule has 0 rings (SSSR count). The number of carbonyl (C=O) groups is 1. The molecule has 0 amide bonds. The fraction of sp³-hybridized carbons (Fsp3) is 0.900. The maximum atomic E-state index is 10.4. The van der Waals surface area contributed by atoms with Crippen LogP contribution in [0.3, 0.4) is 0 Å². The molecule has 0 bridgehead atoms. The SMILES string of the molecule is CC(O)CO.COC(C)C(C)OC(C)=O. The lowest BCUT2D eigenvalue weighted by Gasteiger charge is -2.17. The van der Waals surface area contributed by atoms with E-state index in [9.17, 15) is 4.79 Å². The molecule has 92 valence electrons. The van der Waals surface area contributed by atoms with E-state index in [2.05, 4.69) is 0 Å². The summed E-state index contributed by atoms with van der Waals surface area (Å²) in [5.74, 6) is -0.267. The average molecular weight is 222 g/mol. The second-order valence-corrected chi connectivity index (χ2v) is 3.29. The van der Waals surface area contributed by atoms with Gasteiger partial charge in [0.25, 0.3) is 0 Å². The molecule has 0 heterocycles. The zero-order valence-corrected chi connectivity index (χ0v) is 10.1. The van der Waals surface area contributed by atoms with Crippen LogP contribution in [0.4, 0.5) is 0 Å². The smallest absolute Gasteiger partial charge is 0.302 e. The first-order chi connectivity index (χ1) is 6.84.